The molecule has 3 N–H and O–H groups in total. The average molecular weight is 231 g/mol. The topological polar surface area (TPSA) is 69.6 Å². The first-order chi connectivity index (χ1) is 7.52. The summed E-state index contributed by atoms with van der Waals surface area (Å²) >= 11 is 0. The van der Waals surface area contributed by atoms with Crippen LogP contribution in [0.1, 0.15) is 46.0 Å². The number of hydrogen-bond donors (Lipinski definition) is 3. The lowest BCUT2D eigenvalue weighted by molar-refractivity contribution is -0.137. The van der Waals surface area contributed by atoms with Crippen LogP contribution in [0.3, 0.4) is 0 Å². The number of aliphatic hydroxyl groups excluding tert-OH is 1. The van der Waals surface area contributed by atoms with Crippen molar-refractivity contribution in [2.24, 2.45) is 5.92 Å². The Morgan fingerprint density at radius 3 is 2.50 bits per heavy atom. The molecule has 4 nitrogen and oxygen atoms in total. The number of carboxylic acids is 1. The van der Waals surface area contributed by atoms with Crippen molar-refractivity contribution in [3.63, 3.8) is 0 Å². The SMILES string of the molecule is CC(C)CC(O)CNCCCCCC(=O)O. The fraction of sp³-hybridized carbons (Fsp3) is 0.917. The van der Waals surface area contributed by atoms with Crippen LogP contribution in [0, 0.1) is 5.92 Å². The summed E-state index contributed by atoms with van der Waals surface area (Å²) in [5.41, 5.74) is 0. The van der Waals surface area contributed by atoms with Gasteiger partial charge in [0.25, 0.3) is 0 Å². The summed E-state index contributed by atoms with van der Waals surface area (Å²) in [5.74, 6) is -0.201. The van der Waals surface area contributed by atoms with E-state index in [9.17, 15) is 9.90 Å². The summed E-state index contributed by atoms with van der Waals surface area (Å²) < 4.78 is 0. The van der Waals surface area contributed by atoms with E-state index in [1.165, 1.54) is 0 Å². The minimum Gasteiger partial charge on any atom is -0.481 e. The number of rotatable bonds is 10. The predicted molar refractivity (Wildman–Crippen MR) is 64.4 cm³/mol. The molecule has 0 amide bonds. The highest BCUT2D eigenvalue weighted by Gasteiger charge is 2.05. The zero-order valence-corrected chi connectivity index (χ0v) is 10.4. The van der Waals surface area contributed by atoms with E-state index in [2.05, 4.69) is 19.2 Å². The molecule has 16 heavy (non-hydrogen) atoms. The van der Waals surface area contributed by atoms with Gasteiger partial charge in [-0.1, -0.05) is 20.3 Å². The monoisotopic (exact) mass is 231 g/mol. The van der Waals surface area contributed by atoms with E-state index in [4.69, 9.17) is 5.11 Å². The van der Waals surface area contributed by atoms with Crippen LogP contribution >= 0.6 is 0 Å². The molecule has 0 aliphatic rings. The standard InChI is InChI=1S/C12H25NO3/c1-10(2)8-11(14)9-13-7-5-3-4-6-12(15)16/h10-11,13-14H,3-9H2,1-2H3,(H,15,16). The van der Waals surface area contributed by atoms with Gasteiger partial charge in [0, 0.05) is 13.0 Å². The largest absolute Gasteiger partial charge is 0.481 e. The van der Waals surface area contributed by atoms with Gasteiger partial charge in [0.15, 0.2) is 0 Å². The van der Waals surface area contributed by atoms with E-state index in [1.807, 2.05) is 0 Å². The van der Waals surface area contributed by atoms with Crippen molar-refractivity contribution < 1.29 is 15.0 Å². The summed E-state index contributed by atoms with van der Waals surface area (Å²) in [4.78, 5) is 10.2. The van der Waals surface area contributed by atoms with Crippen molar-refractivity contribution in [1.82, 2.24) is 5.32 Å². The van der Waals surface area contributed by atoms with Crippen molar-refractivity contribution in [2.75, 3.05) is 13.1 Å². The molecule has 0 aromatic rings. The Kier molecular flexibility index (Phi) is 9.24. The van der Waals surface area contributed by atoms with E-state index in [1.54, 1.807) is 0 Å². The highest BCUT2D eigenvalue weighted by atomic mass is 16.4. The van der Waals surface area contributed by atoms with E-state index >= 15 is 0 Å². The Morgan fingerprint density at radius 2 is 1.94 bits per heavy atom. The normalized spacial score (nSPS) is 13.0. The molecule has 0 bridgehead atoms. The molecule has 0 aliphatic heterocycles. The molecule has 0 spiro atoms. The molecule has 1 unspecified atom stereocenters. The molecule has 0 heterocycles. The van der Waals surface area contributed by atoms with Crippen LogP contribution < -0.4 is 5.32 Å². The van der Waals surface area contributed by atoms with Crippen LogP contribution in [0.5, 0.6) is 0 Å². The Morgan fingerprint density at radius 1 is 1.25 bits per heavy atom. The minimum atomic E-state index is -0.722. The van der Waals surface area contributed by atoms with Crippen LogP contribution in [-0.2, 0) is 4.79 Å². The molecule has 0 aliphatic carbocycles. The number of aliphatic hydroxyl groups is 1. The van der Waals surface area contributed by atoms with Gasteiger partial charge in [-0.25, -0.2) is 0 Å². The molecular weight excluding hydrogens is 206 g/mol. The molecule has 0 rings (SSSR count). The average Bonchev–Trinajstić information content (AvgIpc) is 2.14. The first-order valence-corrected chi connectivity index (χ1v) is 6.13. The van der Waals surface area contributed by atoms with Gasteiger partial charge in [-0.2, -0.15) is 0 Å². The fourth-order valence-electron chi connectivity index (χ4n) is 1.60. The van der Waals surface area contributed by atoms with Gasteiger partial charge >= 0.3 is 5.97 Å². The van der Waals surface area contributed by atoms with Gasteiger partial charge in [0.1, 0.15) is 0 Å². The van der Waals surface area contributed by atoms with Gasteiger partial charge in [0.2, 0.25) is 0 Å². The van der Waals surface area contributed by atoms with Crippen molar-refractivity contribution in [1.29, 1.82) is 0 Å². The van der Waals surface area contributed by atoms with Crippen LogP contribution in [0.15, 0.2) is 0 Å². The van der Waals surface area contributed by atoms with Gasteiger partial charge in [0.05, 0.1) is 6.10 Å². The second kappa shape index (κ2) is 9.60. The summed E-state index contributed by atoms with van der Waals surface area (Å²) in [7, 11) is 0. The first-order valence-electron chi connectivity index (χ1n) is 6.13. The molecule has 0 saturated heterocycles. The second-order valence-corrected chi connectivity index (χ2v) is 4.69. The van der Waals surface area contributed by atoms with Crippen molar-refractivity contribution >= 4 is 5.97 Å². The minimum absolute atomic E-state index is 0.260. The molecule has 0 saturated carbocycles. The highest BCUT2D eigenvalue weighted by molar-refractivity contribution is 5.66. The molecular formula is C12H25NO3. The summed E-state index contributed by atoms with van der Waals surface area (Å²) in [5, 5.41) is 21.2. The molecule has 96 valence electrons. The Bertz CT molecular complexity index is 183. The number of nitrogens with one attached hydrogen (secondary N) is 1. The number of carbonyl (C=O) groups is 1. The van der Waals surface area contributed by atoms with Crippen molar-refractivity contribution in [2.45, 2.75) is 52.1 Å². The summed E-state index contributed by atoms with van der Waals surface area (Å²) in [6, 6.07) is 0. The third kappa shape index (κ3) is 11.5. The van der Waals surface area contributed by atoms with E-state index in [-0.39, 0.29) is 12.5 Å². The predicted octanol–water partition coefficient (Wildman–Crippen LogP) is 1.63. The van der Waals surface area contributed by atoms with E-state index in [0.29, 0.717) is 12.5 Å². The molecule has 4 heteroatoms. The number of unbranched alkanes of at least 4 members (excludes halogenated alkanes) is 2. The van der Waals surface area contributed by atoms with Crippen molar-refractivity contribution in [3.05, 3.63) is 0 Å². The smallest absolute Gasteiger partial charge is 0.303 e. The van der Waals surface area contributed by atoms with Crippen molar-refractivity contribution in [3.8, 4) is 0 Å². The van der Waals surface area contributed by atoms with E-state index in [0.717, 1.165) is 32.2 Å². The lowest BCUT2D eigenvalue weighted by Gasteiger charge is -2.13. The summed E-state index contributed by atoms with van der Waals surface area (Å²) in [6.07, 6.45) is 3.47. The maximum atomic E-state index is 10.2. The van der Waals surface area contributed by atoms with Gasteiger partial charge in [-0.05, 0) is 31.7 Å². The number of hydrogen-bond acceptors (Lipinski definition) is 3. The van der Waals surface area contributed by atoms with Crippen LogP contribution in [0.25, 0.3) is 0 Å². The van der Waals surface area contributed by atoms with Crippen LogP contribution in [-0.4, -0.2) is 35.4 Å². The zero-order valence-electron chi connectivity index (χ0n) is 10.4. The Labute approximate surface area is 98.1 Å². The third-order valence-electron chi connectivity index (χ3n) is 2.37. The second-order valence-electron chi connectivity index (χ2n) is 4.69. The Balaban J connectivity index is 3.17. The maximum absolute atomic E-state index is 10.2. The van der Waals surface area contributed by atoms with E-state index < -0.39 is 5.97 Å². The number of aliphatic carboxylic acids is 1. The molecule has 0 fully saturated rings. The lowest BCUT2D eigenvalue weighted by atomic mass is 10.1. The molecule has 0 aromatic heterocycles. The zero-order chi connectivity index (χ0) is 12.4. The van der Waals surface area contributed by atoms with Crippen LogP contribution in [0.4, 0.5) is 0 Å². The van der Waals surface area contributed by atoms with Gasteiger partial charge in [-0.15, -0.1) is 0 Å². The Hall–Kier alpha value is -0.610. The number of carboxylic acid groups (broad SMARTS) is 1. The van der Waals surface area contributed by atoms with Gasteiger partial charge < -0.3 is 15.5 Å². The first kappa shape index (κ1) is 15.4. The highest BCUT2D eigenvalue weighted by Crippen LogP contribution is 2.03. The molecule has 0 aromatic carbocycles. The molecule has 0 radical (unpaired) electrons. The lowest BCUT2D eigenvalue weighted by Crippen LogP contribution is -2.28. The maximum Gasteiger partial charge on any atom is 0.303 e. The van der Waals surface area contributed by atoms with Gasteiger partial charge in [-0.3, -0.25) is 4.79 Å². The third-order valence-corrected chi connectivity index (χ3v) is 2.37. The quantitative estimate of drug-likeness (QED) is 0.500. The van der Waals surface area contributed by atoms with Crippen LogP contribution in [0.2, 0.25) is 0 Å². The molecule has 1 atom stereocenters. The fourth-order valence-corrected chi connectivity index (χ4v) is 1.60. The summed E-state index contributed by atoms with van der Waals surface area (Å²) in [6.45, 7) is 5.68.